The van der Waals surface area contributed by atoms with Crippen LogP contribution in [0, 0.1) is 0 Å². The largest absolute Gasteiger partial charge is 0.385 e. The molecule has 2 aromatic rings. The summed E-state index contributed by atoms with van der Waals surface area (Å²) in [6, 6.07) is 10.1. The number of rotatable bonds is 2. The van der Waals surface area contributed by atoms with Crippen LogP contribution in [0.15, 0.2) is 36.5 Å². The van der Waals surface area contributed by atoms with Gasteiger partial charge in [-0.3, -0.25) is 0 Å². The molecule has 1 aromatic carbocycles. The van der Waals surface area contributed by atoms with Gasteiger partial charge < -0.3 is 10.3 Å². The minimum atomic E-state index is 0.358. The number of nitrogens with zero attached hydrogens (tertiary/aromatic N) is 1. The van der Waals surface area contributed by atoms with Gasteiger partial charge in [-0.25, -0.2) is 0 Å². The average Bonchev–Trinajstić information content (AvgIpc) is 2.61. The minimum Gasteiger partial charge on any atom is -0.385 e. The lowest BCUT2D eigenvalue weighted by Crippen LogP contribution is -2.02. The van der Waals surface area contributed by atoms with Gasteiger partial charge in [-0.15, -0.1) is 0 Å². The smallest absolute Gasteiger partial charge is 0.104 e. The summed E-state index contributed by atoms with van der Waals surface area (Å²) in [5.74, 6) is 0.768. The van der Waals surface area contributed by atoms with Crippen LogP contribution < -0.4 is 5.73 Å². The van der Waals surface area contributed by atoms with Gasteiger partial charge in [-0.05, 0) is 26.0 Å². The highest BCUT2D eigenvalue weighted by Crippen LogP contribution is 2.31. The van der Waals surface area contributed by atoms with Crippen LogP contribution in [-0.2, 0) is 0 Å². The van der Waals surface area contributed by atoms with Crippen LogP contribution in [0.1, 0.15) is 19.9 Å². The van der Waals surface area contributed by atoms with E-state index in [1.165, 1.54) is 0 Å². The van der Waals surface area contributed by atoms with E-state index in [4.69, 9.17) is 17.3 Å². The predicted molar refractivity (Wildman–Crippen MR) is 69.7 cm³/mol. The zero-order valence-electron chi connectivity index (χ0n) is 9.44. The molecule has 0 radical (unpaired) electrons. The van der Waals surface area contributed by atoms with E-state index in [2.05, 4.69) is 13.8 Å². The molecule has 0 bridgehead atoms. The lowest BCUT2D eigenvalue weighted by molar-refractivity contribution is 0.612. The topological polar surface area (TPSA) is 30.9 Å². The second-order valence-corrected chi connectivity index (χ2v) is 4.54. The van der Waals surface area contributed by atoms with Crippen LogP contribution >= 0.6 is 11.6 Å². The van der Waals surface area contributed by atoms with Crippen molar-refractivity contribution in [2.45, 2.75) is 19.9 Å². The summed E-state index contributed by atoms with van der Waals surface area (Å²) in [5, 5.41) is 0.753. The van der Waals surface area contributed by atoms with E-state index >= 15 is 0 Å². The van der Waals surface area contributed by atoms with Gasteiger partial charge in [0, 0.05) is 28.4 Å². The molecular formula is C13H15ClN2. The third kappa shape index (κ3) is 1.93. The second-order valence-electron chi connectivity index (χ2n) is 4.13. The first-order chi connectivity index (χ1) is 7.59. The summed E-state index contributed by atoms with van der Waals surface area (Å²) in [4.78, 5) is 0. The Bertz CT molecular complexity index is 500. The molecule has 0 aliphatic carbocycles. The molecule has 2 rings (SSSR count). The zero-order chi connectivity index (χ0) is 11.7. The van der Waals surface area contributed by atoms with Crippen molar-refractivity contribution in [3.8, 4) is 11.1 Å². The highest BCUT2D eigenvalue weighted by Gasteiger charge is 2.09. The van der Waals surface area contributed by atoms with E-state index in [0.717, 1.165) is 22.0 Å². The Balaban J connectivity index is 2.50. The van der Waals surface area contributed by atoms with Gasteiger partial charge in [-0.1, -0.05) is 29.8 Å². The standard InChI is InChI=1S/C13H15ClN2/c1-9(2)16-8-10(7-13(16)15)11-5-3-4-6-12(11)14/h3-9H,15H2,1-2H3. The molecule has 0 spiro atoms. The molecule has 2 N–H and O–H groups in total. The maximum Gasteiger partial charge on any atom is 0.104 e. The van der Waals surface area contributed by atoms with E-state index in [9.17, 15) is 0 Å². The molecule has 84 valence electrons. The molecule has 1 heterocycles. The normalized spacial score (nSPS) is 11.0. The van der Waals surface area contributed by atoms with Crippen molar-refractivity contribution in [3.63, 3.8) is 0 Å². The van der Waals surface area contributed by atoms with Crippen LogP contribution in [0.3, 0.4) is 0 Å². The van der Waals surface area contributed by atoms with E-state index in [-0.39, 0.29) is 0 Å². The number of aromatic nitrogens is 1. The highest BCUT2D eigenvalue weighted by atomic mass is 35.5. The fourth-order valence-corrected chi connectivity index (χ4v) is 2.03. The Morgan fingerprint density at radius 1 is 1.25 bits per heavy atom. The fraction of sp³-hybridized carbons (Fsp3) is 0.231. The van der Waals surface area contributed by atoms with Crippen molar-refractivity contribution in [3.05, 3.63) is 41.6 Å². The van der Waals surface area contributed by atoms with Crippen molar-refractivity contribution in [1.29, 1.82) is 0 Å². The summed E-state index contributed by atoms with van der Waals surface area (Å²) < 4.78 is 2.04. The molecule has 16 heavy (non-hydrogen) atoms. The van der Waals surface area contributed by atoms with Gasteiger partial charge in [0.05, 0.1) is 0 Å². The maximum absolute atomic E-state index is 6.15. The van der Waals surface area contributed by atoms with E-state index in [1.807, 2.05) is 41.1 Å². The third-order valence-corrected chi connectivity index (χ3v) is 2.95. The van der Waals surface area contributed by atoms with Gasteiger partial charge >= 0.3 is 0 Å². The Morgan fingerprint density at radius 2 is 1.94 bits per heavy atom. The van der Waals surface area contributed by atoms with Crippen LogP contribution in [0.4, 0.5) is 5.82 Å². The van der Waals surface area contributed by atoms with Crippen LogP contribution in [-0.4, -0.2) is 4.57 Å². The maximum atomic E-state index is 6.15. The quantitative estimate of drug-likeness (QED) is 0.838. The number of hydrogen-bond donors (Lipinski definition) is 1. The predicted octanol–water partition coefficient (Wildman–Crippen LogP) is 3.97. The average molecular weight is 235 g/mol. The number of nitrogens with two attached hydrogens (primary N) is 1. The van der Waals surface area contributed by atoms with Crippen molar-refractivity contribution >= 4 is 17.4 Å². The Morgan fingerprint density at radius 3 is 2.50 bits per heavy atom. The molecular weight excluding hydrogens is 220 g/mol. The second kappa shape index (κ2) is 4.22. The molecule has 0 atom stereocenters. The zero-order valence-corrected chi connectivity index (χ0v) is 10.2. The van der Waals surface area contributed by atoms with Gasteiger partial charge in [0.25, 0.3) is 0 Å². The summed E-state index contributed by atoms with van der Waals surface area (Å²) in [6.45, 7) is 4.21. The summed E-state index contributed by atoms with van der Waals surface area (Å²) in [5.41, 5.74) is 8.04. The first kappa shape index (κ1) is 11.1. The van der Waals surface area contributed by atoms with Gasteiger partial charge in [-0.2, -0.15) is 0 Å². The lowest BCUT2D eigenvalue weighted by Gasteiger charge is -2.08. The molecule has 0 saturated carbocycles. The number of anilines is 1. The Hall–Kier alpha value is -1.41. The summed E-state index contributed by atoms with van der Waals surface area (Å²) in [6.07, 6.45) is 2.04. The highest BCUT2D eigenvalue weighted by molar-refractivity contribution is 6.33. The van der Waals surface area contributed by atoms with Crippen molar-refractivity contribution in [2.75, 3.05) is 5.73 Å². The molecule has 3 heteroatoms. The number of hydrogen-bond acceptors (Lipinski definition) is 1. The Labute approximate surface area is 101 Å². The minimum absolute atomic E-state index is 0.358. The molecule has 0 saturated heterocycles. The van der Waals surface area contributed by atoms with Crippen LogP contribution in [0.25, 0.3) is 11.1 Å². The van der Waals surface area contributed by atoms with Crippen molar-refractivity contribution < 1.29 is 0 Å². The molecule has 0 aliphatic rings. The van der Waals surface area contributed by atoms with Gasteiger partial charge in [0.15, 0.2) is 0 Å². The molecule has 0 fully saturated rings. The molecule has 0 aliphatic heterocycles. The van der Waals surface area contributed by atoms with E-state index < -0.39 is 0 Å². The molecule has 1 aromatic heterocycles. The van der Waals surface area contributed by atoms with Crippen LogP contribution in [0.5, 0.6) is 0 Å². The van der Waals surface area contributed by atoms with Crippen LogP contribution in [0.2, 0.25) is 5.02 Å². The molecule has 0 unspecified atom stereocenters. The number of halogens is 1. The molecule has 2 nitrogen and oxygen atoms in total. The summed E-state index contributed by atoms with van der Waals surface area (Å²) >= 11 is 6.15. The van der Waals surface area contributed by atoms with E-state index in [1.54, 1.807) is 0 Å². The van der Waals surface area contributed by atoms with Gasteiger partial charge in [0.2, 0.25) is 0 Å². The monoisotopic (exact) mass is 234 g/mol. The summed E-state index contributed by atoms with van der Waals surface area (Å²) in [7, 11) is 0. The molecule has 0 amide bonds. The van der Waals surface area contributed by atoms with Crippen molar-refractivity contribution in [2.24, 2.45) is 0 Å². The Kier molecular flexibility index (Phi) is 2.92. The first-order valence-corrected chi connectivity index (χ1v) is 5.69. The first-order valence-electron chi connectivity index (χ1n) is 5.32. The van der Waals surface area contributed by atoms with Gasteiger partial charge in [0.1, 0.15) is 5.82 Å². The SMILES string of the molecule is CC(C)n1cc(-c2ccccc2Cl)cc1N. The number of nitrogen functional groups attached to an aromatic ring is 1. The van der Waals surface area contributed by atoms with Crippen molar-refractivity contribution in [1.82, 2.24) is 4.57 Å². The number of benzene rings is 1. The lowest BCUT2D eigenvalue weighted by atomic mass is 10.1. The van der Waals surface area contributed by atoms with E-state index in [0.29, 0.717) is 6.04 Å². The fourth-order valence-electron chi connectivity index (χ4n) is 1.79. The third-order valence-electron chi connectivity index (χ3n) is 2.62.